The molecule has 0 aromatic carbocycles. The Morgan fingerprint density at radius 3 is 2.50 bits per heavy atom. The summed E-state index contributed by atoms with van der Waals surface area (Å²) in [6.45, 7) is 10.2. The molecular formula is C15H30N2O. The van der Waals surface area contributed by atoms with Crippen LogP contribution in [0.1, 0.15) is 46.5 Å². The Morgan fingerprint density at radius 1 is 1.22 bits per heavy atom. The number of nitrogens with one attached hydrogen (secondary N) is 1. The minimum absolute atomic E-state index is 0.0580. The van der Waals surface area contributed by atoms with Gasteiger partial charge in [-0.05, 0) is 72.5 Å². The fraction of sp³-hybridized carbons (Fsp3) is 1.00. The highest BCUT2D eigenvalue weighted by molar-refractivity contribution is 4.87. The van der Waals surface area contributed by atoms with E-state index in [9.17, 15) is 0 Å². The predicted octanol–water partition coefficient (Wildman–Crippen LogP) is 2.26. The van der Waals surface area contributed by atoms with Gasteiger partial charge in [-0.1, -0.05) is 0 Å². The van der Waals surface area contributed by atoms with Gasteiger partial charge in [0.15, 0.2) is 0 Å². The van der Waals surface area contributed by atoms with Gasteiger partial charge >= 0.3 is 0 Å². The van der Waals surface area contributed by atoms with Crippen molar-refractivity contribution in [2.24, 2.45) is 5.92 Å². The van der Waals surface area contributed by atoms with Crippen molar-refractivity contribution in [1.82, 2.24) is 10.2 Å². The van der Waals surface area contributed by atoms with E-state index in [0.29, 0.717) is 12.1 Å². The smallest absolute Gasteiger partial charge is 0.0641 e. The minimum Gasteiger partial charge on any atom is -0.375 e. The van der Waals surface area contributed by atoms with Crippen molar-refractivity contribution in [1.29, 1.82) is 0 Å². The lowest BCUT2D eigenvalue weighted by Crippen LogP contribution is -2.49. The lowest BCUT2D eigenvalue weighted by atomic mass is 9.88. The molecule has 106 valence electrons. The molecule has 18 heavy (non-hydrogen) atoms. The molecule has 0 bridgehead atoms. The van der Waals surface area contributed by atoms with Crippen LogP contribution in [-0.2, 0) is 4.74 Å². The number of hydrogen-bond acceptors (Lipinski definition) is 3. The molecule has 1 N–H and O–H groups in total. The van der Waals surface area contributed by atoms with E-state index in [1.165, 1.54) is 32.4 Å². The zero-order valence-electron chi connectivity index (χ0n) is 12.5. The summed E-state index contributed by atoms with van der Waals surface area (Å²) in [5, 5.41) is 3.86. The van der Waals surface area contributed by atoms with Gasteiger partial charge in [0.25, 0.3) is 0 Å². The van der Waals surface area contributed by atoms with Gasteiger partial charge in [0, 0.05) is 18.7 Å². The van der Waals surface area contributed by atoms with Crippen LogP contribution in [0.5, 0.6) is 0 Å². The maximum Gasteiger partial charge on any atom is 0.0641 e. The quantitative estimate of drug-likeness (QED) is 0.836. The molecule has 0 aromatic rings. The summed E-state index contributed by atoms with van der Waals surface area (Å²) in [5.74, 6) is 0.854. The second-order valence-corrected chi connectivity index (χ2v) is 6.89. The van der Waals surface area contributed by atoms with Gasteiger partial charge < -0.3 is 15.0 Å². The number of rotatable bonds is 3. The normalized spacial score (nSPS) is 32.3. The van der Waals surface area contributed by atoms with Crippen LogP contribution >= 0.6 is 0 Å². The van der Waals surface area contributed by atoms with Gasteiger partial charge in [-0.25, -0.2) is 0 Å². The molecule has 3 nitrogen and oxygen atoms in total. The lowest BCUT2D eigenvalue weighted by Gasteiger charge is -2.40. The molecule has 0 aromatic heterocycles. The van der Waals surface area contributed by atoms with Crippen molar-refractivity contribution < 1.29 is 4.74 Å². The van der Waals surface area contributed by atoms with Crippen molar-refractivity contribution in [3.8, 4) is 0 Å². The van der Waals surface area contributed by atoms with E-state index in [2.05, 4.69) is 38.0 Å². The molecule has 0 aliphatic carbocycles. The SMILES string of the molecule is CC(NC1CCOC(C)(C)C1)C1CCN(C)CC1. The Balaban J connectivity index is 1.78. The fourth-order valence-electron chi connectivity index (χ4n) is 3.41. The van der Waals surface area contributed by atoms with Gasteiger partial charge in [0.05, 0.1) is 5.60 Å². The standard InChI is InChI=1S/C15H30N2O/c1-12(13-5-8-17(4)9-6-13)16-14-7-10-18-15(2,3)11-14/h12-14,16H,5-11H2,1-4H3. The molecule has 2 unspecified atom stereocenters. The van der Waals surface area contributed by atoms with Crippen LogP contribution in [0.2, 0.25) is 0 Å². The van der Waals surface area contributed by atoms with E-state index < -0.39 is 0 Å². The van der Waals surface area contributed by atoms with E-state index in [1.54, 1.807) is 0 Å². The third-order valence-corrected chi connectivity index (χ3v) is 4.67. The van der Waals surface area contributed by atoms with Crippen LogP contribution in [0.4, 0.5) is 0 Å². The molecule has 2 fully saturated rings. The number of hydrogen-bond donors (Lipinski definition) is 1. The average molecular weight is 254 g/mol. The number of piperidine rings is 1. The van der Waals surface area contributed by atoms with Gasteiger partial charge in [0.1, 0.15) is 0 Å². The zero-order valence-corrected chi connectivity index (χ0v) is 12.5. The molecule has 0 saturated carbocycles. The first-order valence-electron chi connectivity index (χ1n) is 7.55. The summed E-state index contributed by atoms with van der Waals surface area (Å²) in [6, 6.07) is 1.29. The summed E-state index contributed by atoms with van der Waals surface area (Å²) >= 11 is 0. The molecule has 2 rings (SSSR count). The number of likely N-dealkylation sites (tertiary alicyclic amines) is 1. The molecule has 3 heteroatoms. The summed E-state index contributed by atoms with van der Waals surface area (Å²) in [6.07, 6.45) is 5.00. The minimum atomic E-state index is 0.0580. The van der Waals surface area contributed by atoms with Crippen LogP contribution < -0.4 is 5.32 Å². The van der Waals surface area contributed by atoms with Crippen molar-refractivity contribution >= 4 is 0 Å². The van der Waals surface area contributed by atoms with Crippen LogP contribution in [0.25, 0.3) is 0 Å². The van der Waals surface area contributed by atoms with Crippen molar-refractivity contribution in [3.05, 3.63) is 0 Å². The zero-order chi connectivity index (χ0) is 13.2. The maximum absolute atomic E-state index is 5.79. The Kier molecular flexibility index (Phi) is 4.68. The number of nitrogens with zero attached hydrogens (tertiary/aromatic N) is 1. The summed E-state index contributed by atoms with van der Waals surface area (Å²) in [5.41, 5.74) is 0.0580. The largest absolute Gasteiger partial charge is 0.375 e. The van der Waals surface area contributed by atoms with E-state index >= 15 is 0 Å². The van der Waals surface area contributed by atoms with Crippen LogP contribution in [0.15, 0.2) is 0 Å². The highest BCUT2D eigenvalue weighted by atomic mass is 16.5. The van der Waals surface area contributed by atoms with Crippen LogP contribution in [0.3, 0.4) is 0 Å². The topological polar surface area (TPSA) is 24.5 Å². The monoisotopic (exact) mass is 254 g/mol. The van der Waals surface area contributed by atoms with E-state index in [1.807, 2.05) is 0 Å². The van der Waals surface area contributed by atoms with Gasteiger partial charge in [0.2, 0.25) is 0 Å². The predicted molar refractivity (Wildman–Crippen MR) is 75.9 cm³/mol. The second-order valence-electron chi connectivity index (χ2n) is 6.89. The van der Waals surface area contributed by atoms with Crippen LogP contribution in [0, 0.1) is 5.92 Å². The number of ether oxygens (including phenoxy) is 1. The summed E-state index contributed by atoms with van der Waals surface area (Å²) in [7, 11) is 2.23. The van der Waals surface area contributed by atoms with Crippen LogP contribution in [-0.4, -0.2) is 49.3 Å². The molecule has 2 atom stereocenters. The third kappa shape index (κ3) is 3.94. The molecular weight excluding hydrogens is 224 g/mol. The molecule has 2 heterocycles. The second kappa shape index (κ2) is 5.89. The molecule has 2 aliphatic heterocycles. The molecule has 2 aliphatic rings. The highest BCUT2D eigenvalue weighted by Gasteiger charge is 2.31. The summed E-state index contributed by atoms with van der Waals surface area (Å²) in [4.78, 5) is 2.45. The van der Waals surface area contributed by atoms with E-state index in [-0.39, 0.29) is 5.60 Å². The third-order valence-electron chi connectivity index (χ3n) is 4.67. The van der Waals surface area contributed by atoms with Crippen molar-refractivity contribution in [3.63, 3.8) is 0 Å². The lowest BCUT2D eigenvalue weighted by molar-refractivity contribution is -0.0650. The fourth-order valence-corrected chi connectivity index (χ4v) is 3.41. The average Bonchev–Trinajstić information content (AvgIpc) is 2.28. The maximum atomic E-state index is 5.79. The van der Waals surface area contributed by atoms with Crippen molar-refractivity contribution in [2.45, 2.75) is 64.1 Å². The van der Waals surface area contributed by atoms with E-state index in [4.69, 9.17) is 4.74 Å². The Labute approximate surface area is 112 Å². The Morgan fingerprint density at radius 2 is 1.89 bits per heavy atom. The first kappa shape index (κ1) is 14.3. The molecule has 0 radical (unpaired) electrons. The summed E-state index contributed by atoms with van der Waals surface area (Å²) < 4.78 is 5.79. The molecule has 2 saturated heterocycles. The highest BCUT2D eigenvalue weighted by Crippen LogP contribution is 2.26. The van der Waals surface area contributed by atoms with Gasteiger partial charge in [-0.2, -0.15) is 0 Å². The van der Waals surface area contributed by atoms with Gasteiger partial charge in [-0.15, -0.1) is 0 Å². The first-order chi connectivity index (χ1) is 8.46. The molecule has 0 spiro atoms. The van der Waals surface area contributed by atoms with Gasteiger partial charge in [-0.3, -0.25) is 0 Å². The Hall–Kier alpha value is -0.120. The first-order valence-corrected chi connectivity index (χ1v) is 7.55. The van der Waals surface area contributed by atoms with E-state index in [0.717, 1.165) is 18.9 Å². The molecule has 0 amide bonds. The Bertz CT molecular complexity index is 259. The van der Waals surface area contributed by atoms with Crippen molar-refractivity contribution in [2.75, 3.05) is 26.7 Å².